The number of benzene rings is 1. The molecule has 0 spiro atoms. The SMILES string of the molecule is Cc1ncc(-c2ccnc(Nc3ccc(S(=O)(=O)Cl)cc3)n2)n1C1CCCC1. The van der Waals surface area contributed by atoms with E-state index in [1.807, 2.05) is 19.2 Å². The molecule has 2 heterocycles. The quantitative estimate of drug-likeness (QED) is 0.617. The van der Waals surface area contributed by atoms with Gasteiger partial charge in [-0.05, 0) is 50.1 Å². The molecular weight excluding hydrogens is 398 g/mol. The topological polar surface area (TPSA) is 89.8 Å². The van der Waals surface area contributed by atoms with E-state index in [2.05, 4.69) is 24.8 Å². The summed E-state index contributed by atoms with van der Waals surface area (Å²) in [5.41, 5.74) is 2.45. The lowest BCUT2D eigenvalue weighted by atomic mass is 10.2. The largest absolute Gasteiger partial charge is 0.324 e. The predicted octanol–water partition coefficient (Wildman–Crippen LogP) is 4.43. The van der Waals surface area contributed by atoms with Crippen LogP contribution in [0.4, 0.5) is 11.6 Å². The monoisotopic (exact) mass is 417 g/mol. The van der Waals surface area contributed by atoms with Crippen LogP contribution in [0.3, 0.4) is 0 Å². The summed E-state index contributed by atoms with van der Waals surface area (Å²) in [7, 11) is 1.61. The van der Waals surface area contributed by atoms with Crippen LogP contribution in [0.15, 0.2) is 47.6 Å². The number of imidazole rings is 1. The number of rotatable bonds is 5. The zero-order valence-electron chi connectivity index (χ0n) is 15.3. The Morgan fingerprint density at radius 3 is 2.50 bits per heavy atom. The van der Waals surface area contributed by atoms with Gasteiger partial charge in [-0.25, -0.2) is 23.4 Å². The highest BCUT2D eigenvalue weighted by Gasteiger charge is 2.22. The number of halogens is 1. The van der Waals surface area contributed by atoms with Crippen molar-refractivity contribution in [3.63, 3.8) is 0 Å². The van der Waals surface area contributed by atoms with E-state index in [-0.39, 0.29) is 4.90 Å². The maximum atomic E-state index is 11.4. The van der Waals surface area contributed by atoms with Gasteiger partial charge in [-0.3, -0.25) is 0 Å². The first-order valence-corrected chi connectivity index (χ1v) is 11.4. The van der Waals surface area contributed by atoms with Gasteiger partial charge in [0.05, 0.1) is 22.5 Å². The molecule has 9 heteroatoms. The summed E-state index contributed by atoms with van der Waals surface area (Å²) >= 11 is 0. The maximum absolute atomic E-state index is 11.4. The summed E-state index contributed by atoms with van der Waals surface area (Å²) < 4.78 is 25.0. The van der Waals surface area contributed by atoms with Crippen LogP contribution >= 0.6 is 10.7 Å². The molecule has 1 aliphatic carbocycles. The second kappa shape index (κ2) is 7.52. The average Bonchev–Trinajstić information content (AvgIpc) is 3.31. The van der Waals surface area contributed by atoms with Crippen molar-refractivity contribution in [2.75, 3.05) is 5.32 Å². The van der Waals surface area contributed by atoms with Gasteiger partial charge in [-0.15, -0.1) is 0 Å². The van der Waals surface area contributed by atoms with Crippen LogP contribution in [0.25, 0.3) is 11.4 Å². The minimum absolute atomic E-state index is 0.0466. The van der Waals surface area contributed by atoms with Crippen LogP contribution in [0.5, 0.6) is 0 Å². The Hall–Kier alpha value is -2.45. The standard InChI is InChI=1S/C19H20ClN5O2S/c1-13-22-12-18(25(13)15-4-2-3-5-15)17-10-11-21-19(24-17)23-14-6-8-16(9-7-14)28(20,26)27/h6-12,15H,2-5H2,1H3,(H,21,23,24). The van der Waals surface area contributed by atoms with Crippen molar-refractivity contribution >= 4 is 31.4 Å². The Morgan fingerprint density at radius 2 is 1.82 bits per heavy atom. The number of hydrogen-bond acceptors (Lipinski definition) is 6. The predicted molar refractivity (Wildman–Crippen MR) is 108 cm³/mol. The van der Waals surface area contributed by atoms with Crippen LogP contribution in [-0.4, -0.2) is 27.9 Å². The molecule has 1 aromatic carbocycles. The Kier molecular flexibility index (Phi) is 5.07. The fourth-order valence-corrected chi connectivity index (χ4v) is 4.43. The zero-order valence-corrected chi connectivity index (χ0v) is 16.9. The van der Waals surface area contributed by atoms with Gasteiger partial charge in [-0.2, -0.15) is 0 Å². The molecule has 2 aromatic heterocycles. The van der Waals surface area contributed by atoms with Crippen molar-refractivity contribution in [3.05, 3.63) is 48.5 Å². The minimum Gasteiger partial charge on any atom is -0.324 e. The third kappa shape index (κ3) is 3.88. The van der Waals surface area contributed by atoms with Crippen molar-refractivity contribution in [3.8, 4) is 11.4 Å². The van der Waals surface area contributed by atoms with Crippen LogP contribution in [0.2, 0.25) is 0 Å². The molecule has 28 heavy (non-hydrogen) atoms. The summed E-state index contributed by atoms with van der Waals surface area (Å²) in [5.74, 6) is 1.42. The normalized spacial score (nSPS) is 15.1. The molecule has 146 valence electrons. The molecule has 1 saturated carbocycles. The van der Waals surface area contributed by atoms with E-state index in [0.717, 1.165) is 30.1 Å². The fourth-order valence-electron chi connectivity index (χ4n) is 3.66. The lowest BCUT2D eigenvalue weighted by Crippen LogP contribution is -2.09. The van der Waals surface area contributed by atoms with Gasteiger partial charge >= 0.3 is 0 Å². The first-order chi connectivity index (χ1) is 13.4. The van der Waals surface area contributed by atoms with Gasteiger partial charge in [0.2, 0.25) is 5.95 Å². The van der Waals surface area contributed by atoms with Crippen LogP contribution in [-0.2, 0) is 9.05 Å². The van der Waals surface area contributed by atoms with Crippen molar-refractivity contribution in [2.45, 2.75) is 43.5 Å². The number of anilines is 2. The fraction of sp³-hybridized carbons (Fsp3) is 0.316. The number of aryl methyl sites for hydroxylation is 1. The van der Waals surface area contributed by atoms with E-state index in [0.29, 0.717) is 17.7 Å². The van der Waals surface area contributed by atoms with Crippen molar-refractivity contribution in [1.82, 2.24) is 19.5 Å². The highest BCUT2D eigenvalue weighted by molar-refractivity contribution is 8.13. The van der Waals surface area contributed by atoms with Crippen molar-refractivity contribution < 1.29 is 8.42 Å². The van der Waals surface area contributed by atoms with Crippen LogP contribution in [0, 0.1) is 6.92 Å². The Balaban J connectivity index is 1.61. The molecule has 0 amide bonds. The van der Waals surface area contributed by atoms with E-state index >= 15 is 0 Å². The van der Waals surface area contributed by atoms with E-state index in [1.165, 1.54) is 25.0 Å². The molecule has 0 saturated heterocycles. The molecule has 7 nitrogen and oxygen atoms in total. The maximum Gasteiger partial charge on any atom is 0.261 e. The number of nitrogens with one attached hydrogen (secondary N) is 1. The lowest BCUT2D eigenvalue weighted by Gasteiger charge is -2.17. The zero-order chi connectivity index (χ0) is 19.7. The molecule has 0 bridgehead atoms. The van der Waals surface area contributed by atoms with E-state index in [4.69, 9.17) is 10.7 Å². The molecule has 1 fully saturated rings. The third-order valence-electron chi connectivity index (χ3n) is 4.98. The Labute approximate surface area is 168 Å². The molecule has 3 aromatic rings. The number of aromatic nitrogens is 4. The summed E-state index contributed by atoms with van der Waals surface area (Å²) in [4.78, 5) is 13.4. The Bertz CT molecular complexity index is 1090. The van der Waals surface area contributed by atoms with E-state index in [1.54, 1.807) is 18.3 Å². The van der Waals surface area contributed by atoms with Gasteiger partial charge in [-0.1, -0.05) is 12.8 Å². The van der Waals surface area contributed by atoms with Gasteiger partial charge < -0.3 is 9.88 Å². The smallest absolute Gasteiger partial charge is 0.261 e. The first kappa shape index (κ1) is 18.9. The molecule has 1 N–H and O–H groups in total. The first-order valence-electron chi connectivity index (χ1n) is 9.11. The van der Waals surface area contributed by atoms with Crippen LogP contribution < -0.4 is 5.32 Å². The highest BCUT2D eigenvalue weighted by atomic mass is 35.7. The average molecular weight is 418 g/mol. The summed E-state index contributed by atoms with van der Waals surface area (Å²) in [6.07, 6.45) is 8.37. The van der Waals surface area contributed by atoms with Gasteiger partial charge in [0, 0.05) is 28.6 Å². The Morgan fingerprint density at radius 1 is 1.11 bits per heavy atom. The van der Waals surface area contributed by atoms with Gasteiger partial charge in [0.15, 0.2) is 0 Å². The van der Waals surface area contributed by atoms with Gasteiger partial charge in [0.1, 0.15) is 5.82 Å². The second-order valence-corrected chi connectivity index (χ2v) is 9.42. The number of nitrogens with zero attached hydrogens (tertiary/aromatic N) is 4. The molecule has 0 aliphatic heterocycles. The summed E-state index contributed by atoms with van der Waals surface area (Å²) in [5, 5.41) is 3.10. The third-order valence-corrected chi connectivity index (χ3v) is 6.35. The minimum atomic E-state index is -3.74. The van der Waals surface area contributed by atoms with E-state index < -0.39 is 9.05 Å². The number of hydrogen-bond donors (Lipinski definition) is 1. The second-order valence-electron chi connectivity index (χ2n) is 6.85. The molecule has 0 atom stereocenters. The molecular formula is C19H20ClN5O2S. The molecule has 0 radical (unpaired) electrons. The van der Waals surface area contributed by atoms with Crippen molar-refractivity contribution in [2.24, 2.45) is 0 Å². The highest BCUT2D eigenvalue weighted by Crippen LogP contribution is 2.34. The molecule has 1 aliphatic rings. The summed E-state index contributed by atoms with van der Waals surface area (Å²) in [6, 6.07) is 8.46. The van der Waals surface area contributed by atoms with Gasteiger partial charge in [0.25, 0.3) is 9.05 Å². The molecule has 4 rings (SSSR count). The molecule has 0 unspecified atom stereocenters. The van der Waals surface area contributed by atoms with Crippen LogP contribution in [0.1, 0.15) is 37.5 Å². The summed E-state index contributed by atoms with van der Waals surface area (Å²) in [6.45, 7) is 2.02. The lowest BCUT2D eigenvalue weighted by molar-refractivity contribution is 0.510. The van der Waals surface area contributed by atoms with Crippen molar-refractivity contribution in [1.29, 1.82) is 0 Å². The van der Waals surface area contributed by atoms with E-state index in [9.17, 15) is 8.42 Å².